The highest BCUT2D eigenvalue weighted by atomic mass is 32.2. The number of carbonyl (C=O) groups is 1. The molecule has 1 aromatic carbocycles. The fourth-order valence-electron chi connectivity index (χ4n) is 1.23. The second kappa shape index (κ2) is 5.80. The number of methoxy groups -OCH3 is 1. The summed E-state index contributed by atoms with van der Waals surface area (Å²) in [7, 11) is -2.42. The molecule has 18 heavy (non-hydrogen) atoms. The number of ether oxygens (including phenoxy) is 1. The molecule has 7 nitrogen and oxygen atoms in total. The zero-order valence-corrected chi connectivity index (χ0v) is 10.7. The molecule has 0 saturated carbocycles. The van der Waals surface area contributed by atoms with Crippen LogP contribution in [0.25, 0.3) is 0 Å². The smallest absolute Gasteiger partial charge is 0.331 e. The van der Waals surface area contributed by atoms with E-state index in [0.29, 0.717) is 11.3 Å². The molecule has 1 rings (SSSR count). The summed E-state index contributed by atoms with van der Waals surface area (Å²) in [4.78, 5) is 16.2. The van der Waals surface area contributed by atoms with Crippen molar-refractivity contribution in [1.29, 1.82) is 0 Å². The van der Waals surface area contributed by atoms with Gasteiger partial charge in [0.2, 0.25) is 0 Å². The van der Waals surface area contributed by atoms with Crippen LogP contribution in [0.4, 0.5) is 0 Å². The molecule has 0 amide bonds. The molecule has 0 aromatic heterocycles. The summed E-state index contributed by atoms with van der Waals surface area (Å²) in [6.45, 7) is 0.935. The molecule has 0 aliphatic carbocycles. The van der Waals surface area contributed by atoms with E-state index in [4.69, 9.17) is 9.84 Å². The summed E-state index contributed by atoms with van der Waals surface area (Å²) in [5.74, 6) is -0.719. The van der Waals surface area contributed by atoms with Gasteiger partial charge in [-0.05, 0) is 30.7 Å². The first-order valence-electron chi connectivity index (χ1n) is 4.87. The van der Waals surface area contributed by atoms with Crippen molar-refractivity contribution in [2.24, 2.45) is 0 Å². The molecular formula is C10H13NO6S. The van der Waals surface area contributed by atoms with Gasteiger partial charge in [-0.25, -0.2) is 13.2 Å². The van der Waals surface area contributed by atoms with E-state index >= 15 is 0 Å². The van der Waals surface area contributed by atoms with Crippen molar-refractivity contribution in [2.75, 3.05) is 13.7 Å². The maximum Gasteiger partial charge on any atom is 0.331 e. The summed E-state index contributed by atoms with van der Waals surface area (Å²) < 4.78 is 28.4. The summed E-state index contributed by atoms with van der Waals surface area (Å²) in [5, 5.41) is 8.32. The molecule has 100 valence electrons. The highest BCUT2D eigenvalue weighted by Crippen LogP contribution is 2.21. The molecule has 0 bridgehead atoms. The molecule has 0 aliphatic heterocycles. The quantitative estimate of drug-likeness (QED) is 0.724. The predicted molar refractivity (Wildman–Crippen MR) is 61.6 cm³/mol. The third-order valence-corrected chi connectivity index (χ3v) is 3.25. The van der Waals surface area contributed by atoms with E-state index in [2.05, 4.69) is 4.84 Å². The molecule has 0 radical (unpaired) electrons. The van der Waals surface area contributed by atoms with E-state index in [9.17, 15) is 13.2 Å². The fraction of sp³-hybridized carbons (Fsp3) is 0.300. The van der Waals surface area contributed by atoms with Gasteiger partial charge in [-0.2, -0.15) is 0 Å². The number of aliphatic carboxylic acids is 1. The largest absolute Gasteiger partial charge is 0.496 e. The molecule has 0 unspecified atom stereocenters. The lowest BCUT2D eigenvalue weighted by Gasteiger charge is -2.08. The van der Waals surface area contributed by atoms with Crippen LogP contribution >= 0.6 is 0 Å². The zero-order chi connectivity index (χ0) is 13.8. The molecule has 8 heteroatoms. The van der Waals surface area contributed by atoms with Crippen LogP contribution in [0.1, 0.15) is 5.56 Å². The second-order valence-electron chi connectivity index (χ2n) is 3.40. The third kappa shape index (κ3) is 3.69. The minimum atomic E-state index is -3.89. The highest BCUT2D eigenvalue weighted by Gasteiger charge is 2.16. The molecule has 0 heterocycles. The first kappa shape index (κ1) is 14.4. The standard InChI is InChI=1S/C10H13NO6S/c1-7-5-8(3-4-9(7)16-2)18(14,15)11-17-6-10(12)13/h3-5,11H,6H2,1-2H3,(H,12,13). The number of aryl methyl sites for hydroxylation is 1. The maximum atomic E-state index is 11.7. The second-order valence-corrected chi connectivity index (χ2v) is 5.05. The average Bonchev–Trinajstić information content (AvgIpc) is 2.28. The topological polar surface area (TPSA) is 102 Å². The highest BCUT2D eigenvalue weighted by molar-refractivity contribution is 7.89. The van der Waals surface area contributed by atoms with Gasteiger partial charge in [0.25, 0.3) is 10.0 Å². The number of carboxylic acid groups (broad SMARTS) is 1. The van der Waals surface area contributed by atoms with E-state index in [-0.39, 0.29) is 4.90 Å². The normalized spacial score (nSPS) is 11.2. The fourth-order valence-corrected chi connectivity index (χ4v) is 2.12. The lowest BCUT2D eigenvalue weighted by Crippen LogP contribution is -2.26. The van der Waals surface area contributed by atoms with Crippen LogP contribution in [0, 0.1) is 6.92 Å². The van der Waals surface area contributed by atoms with Crippen molar-refractivity contribution in [3.05, 3.63) is 23.8 Å². The van der Waals surface area contributed by atoms with E-state index in [1.807, 2.05) is 0 Å². The van der Waals surface area contributed by atoms with Crippen LogP contribution in [-0.4, -0.2) is 33.2 Å². The average molecular weight is 275 g/mol. The Kier molecular flexibility index (Phi) is 4.65. The van der Waals surface area contributed by atoms with Gasteiger partial charge in [-0.1, -0.05) is 4.89 Å². The van der Waals surface area contributed by atoms with Gasteiger partial charge in [-0.15, -0.1) is 0 Å². The molecular weight excluding hydrogens is 262 g/mol. The maximum absolute atomic E-state index is 11.7. The van der Waals surface area contributed by atoms with Crippen LogP contribution in [0.2, 0.25) is 0 Å². The van der Waals surface area contributed by atoms with Crippen molar-refractivity contribution >= 4 is 16.0 Å². The Morgan fingerprint density at radius 2 is 2.11 bits per heavy atom. The van der Waals surface area contributed by atoms with Gasteiger partial charge in [0, 0.05) is 0 Å². The molecule has 0 spiro atoms. The van der Waals surface area contributed by atoms with Crippen LogP contribution < -0.4 is 9.62 Å². The third-order valence-electron chi connectivity index (χ3n) is 2.04. The number of hydrogen-bond donors (Lipinski definition) is 2. The van der Waals surface area contributed by atoms with Crippen molar-refractivity contribution in [3.63, 3.8) is 0 Å². The minimum Gasteiger partial charge on any atom is -0.496 e. The van der Waals surface area contributed by atoms with E-state index in [1.54, 1.807) is 11.8 Å². The molecule has 1 aromatic rings. The van der Waals surface area contributed by atoms with Gasteiger partial charge < -0.3 is 9.84 Å². The van der Waals surface area contributed by atoms with Gasteiger partial charge in [0.05, 0.1) is 12.0 Å². The lowest BCUT2D eigenvalue weighted by molar-refractivity contribution is -0.143. The van der Waals surface area contributed by atoms with E-state index in [1.165, 1.54) is 25.3 Å². The minimum absolute atomic E-state index is 0.0359. The van der Waals surface area contributed by atoms with Gasteiger partial charge >= 0.3 is 5.97 Å². The monoisotopic (exact) mass is 275 g/mol. The number of hydrogen-bond acceptors (Lipinski definition) is 5. The van der Waals surface area contributed by atoms with E-state index < -0.39 is 22.6 Å². The summed E-state index contributed by atoms with van der Waals surface area (Å²) in [6.07, 6.45) is 0. The first-order valence-corrected chi connectivity index (χ1v) is 6.35. The van der Waals surface area contributed by atoms with E-state index in [0.717, 1.165) is 0 Å². The Hall–Kier alpha value is -1.64. The van der Waals surface area contributed by atoms with Crippen molar-refractivity contribution in [1.82, 2.24) is 4.89 Å². The first-order chi connectivity index (χ1) is 8.36. The summed E-state index contributed by atoms with van der Waals surface area (Å²) >= 11 is 0. The van der Waals surface area contributed by atoms with Crippen molar-refractivity contribution in [2.45, 2.75) is 11.8 Å². The van der Waals surface area contributed by atoms with Gasteiger partial charge in [0.15, 0.2) is 6.61 Å². The Balaban J connectivity index is 2.85. The predicted octanol–water partition coefficient (Wildman–Crippen LogP) is 0.298. The van der Waals surface area contributed by atoms with Crippen LogP contribution in [0.15, 0.2) is 23.1 Å². The van der Waals surface area contributed by atoms with Crippen LogP contribution in [0.5, 0.6) is 5.75 Å². The van der Waals surface area contributed by atoms with Crippen LogP contribution in [0.3, 0.4) is 0 Å². The summed E-state index contributed by atoms with van der Waals surface area (Å²) in [5.41, 5.74) is 0.638. The Morgan fingerprint density at radius 3 is 2.61 bits per heavy atom. The number of nitrogens with one attached hydrogen (secondary N) is 1. The molecule has 0 aliphatic rings. The molecule has 0 saturated heterocycles. The number of rotatable bonds is 6. The summed E-state index contributed by atoms with van der Waals surface area (Å²) in [6, 6.07) is 4.23. The SMILES string of the molecule is COc1ccc(S(=O)(=O)NOCC(=O)O)cc1C. The number of carboxylic acids is 1. The van der Waals surface area contributed by atoms with Crippen molar-refractivity contribution < 1.29 is 27.9 Å². The Bertz CT molecular complexity index is 539. The molecule has 0 fully saturated rings. The van der Waals surface area contributed by atoms with Crippen molar-refractivity contribution in [3.8, 4) is 5.75 Å². The zero-order valence-electron chi connectivity index (χ0n) is 9.84. The molecule has 0 atom stereocenters. The van der Waals surface area contributed by atoms with Crippen LogP contribution in [-0.2, 0) is 19.7 Å². The Morgan fingerprint density at radius 1 is 1.44 bits per heavy atom. The van der Waals surface area contributed by atoms with Gasteiger partial charge in [-0.3, -0.25) is 4.84 Å². The number of benzene rings is 1. The molecule has 2 N–H and O–H groups in total. The van der Waals surface area contributed by atoms with Gasteiger partial charge in [0.1, 0.15) is 5.75 Å². The number of sulfonamides is 1. The Labute approximate surface area is 104 Å². The lowest BCUT2D eigenvalue weighted by atomic mass is 10.2.